The van der Waals surface area contributed by atoms with Crippen molar-refractivity contribution >= 4 is 11.9 Å². The lowest BCUT2D eigenvalue weighted by Crippen LogP contribution is -2.60. The Balaban J connectivity index is 1.70. The van der Waals surface area contributed by atoms with Gasteiger partial charge in [0.25, 0.3) is 0 Å². The predicted octanol–water partition coefficient (Wildman–Crippen LogP) is 3.08. The number of benzene rings is 1. The van der Waals surface area contributed by atoms with Crippen molar-refractivity contribution in [2.24, 2.45) is 5.92 Å². The second-order valence-corrected chi connectivity index (χ2v) is 8.31. The highest BCUT2D eigenvalue weighted by molar-refractivity contribution is 5.84. The van der Waals surface area contributed by atoms with Crippen LogP contribution in [0.5, 0.6) is 0 Å². The summed E-state index contributed by atoms with van der Waals surface area (Å²) in [5.41, 5.74) is 0.751. The number of amides is 1. The summed E-state index contributed by atoms with van der Waals surface area (Å²) >= 11 is 0. The summed E-state index contributed by atoms with van der Waals surface area (Å²) in [5.74, 6) is -0.00669. The number of nitriles is 1. The van der Waals surface area contributed by atoms with Crippen molar-refractivity contribution in [2.75, 3.05) is 13.2 Å². The number of morpholine rings is 1. The number of Topliss-reactive ketones (excluding diaryl/α,β-unsaturated/α-hetero) is 1. The van der Waals surface area contributed by atoms with Gasteiger partial charge in [-0.05, 0) is 45.2 Å². The maximum atomic E-state index is 12.9. The Morgan fingerprint density at radius 1 is 1.22 bits per heavy atom. The van der Waals surface area contributed by atoms with E-state index in [1.54, 1.807) is 17.0 Å². The number of carbonyl (C=O) groups excluding carboxylic acids is 2. The van der Waals surface area contributed by atoms with E-state index in [2.05, 4.69) is 6.07 Å². The molecule has 2 aliphatic heterocycles. The van der Waals surface area contributed by atoms with Crippen molar-refractivity contribution in [2.45, 2.75) is 57.7 Å². The van der Waals surface area contributed by atoms with E-state index in [-0.39, 0.29) is 36.3 Å². The molecule has 0 aromatic heterocycles. The monoisotopic (exact) mass is 370 g/mol. The molecule has 3 rings (SSSR count). The largest absolute Gasteiger partial charge is 0.444 e. The Kier molecular flexibility index (Phi) is 5.52. The van der Waals surface area contributed by atoms with Crippen LogP contribution in [0, 0.1) is 17.2 Å². The van der Waals surface area contributed by atoms with Gasteiger partial charge in [0.15, 0.2) is 0 Å². The van der Waals surface area contributed by atoms with Crippen LogP contribution in [0.4, 0.5) is 4.79 Å². The van der Waals surface area contributed by atoms with Gasteiger partial charge in [-0.25, -0.2) is 4.79 Å². The molecule has 6 nitrogen and oxygen atoms in total. The maximum absolute atomic E-state index is 12.9. The second kappa shape index (κ2) is 7.69. The highest BCUT2D eigenvalue weighted by Crippen LogP contribution is 2.34. The first-order valence-electron chi connectivity index (χ1n) is 9.38. The quantitative estimate of drug-likeness (QED) is 0.817. The van der Waals surface area contributed by atoms with Crippen molar-refractivity contribution in [3.05, 3.63) is 35.4 Å². The second-order valence-electron chi connectivity index (χ2n) is 8.31. The van der Waals surface area contributed by atoms with Crippen LogP contribution in [0.15, 0.2) is 24.3 Å². The number of rotatable bonds is 3. The first-order valence-corrected chi connectivity index (χ1v) is 9.38. The van der Waals surface area contributed by atoms with Gasteiger partial charge in [-0.2, -0.15) is 5.26 Å². The lowest BCUT2D eigenvalue weighted by atomic mass is 9.81. The van der Waals surface area contributed by atoms with Gasteiger partial charge in [-0.15, -0.1) is 0 Å². The first kappa shape index (κ1) is 19.4. The van der Waals surface area contributed by atoms with E-state index >= 15 is 0 Å². The van der Waals surface area contributed by atoms with Gasteiger partial charge in [0.1, 0.15) is 11.4 Å². The van der Waals surface area contributed by atoms with Gasteiger partial charge in [-0.1, -0.05) is 18.2 Å². The number of hydrogen-bond acceptors (Lipinski definition) is 5. The number of piperidine rings is 1. The van der Waals surface area contributed by atoms with Crippen molar-refractivity contribution in [1.29, 1.82) is 5.26 Å². The van der Waals surface area contributed by atoms with Gasteiger partial charge in [0.05, 0.1) is 36.9 Å². The number of hydrogen-bond donors (Lipinski definition) is 0. The van der Waals surface area contributed by atoms with Gasteiger partial charge in [-0.3, -0.25) is 9.69 Å². The molecule has 2 unspecified atom stereocenters. The molecule has 2 saturated heterocycles. The van der Waals surface area contributed by atoms with E-state index in [1.807, 2.05) is 32.9 Å². The third kappa shape index (κ3) is 4.48. The van der Waals surface area contributed by atoms with E-state index in [9.17, 15) is 14.9 Å². The lowest BCUT2D eigenvalue weighted by molar-refractivity contribution is -0.131. The molecule has 0 saturated carbocycles. The van der Waals surface area contributed by atoms with Crippen LogP contribution in [0.2, 0.25) is 0 Å². The Bertz CT molecular complexity index is 748. The highest BCUT2D eigenvalue weighted by atomic mass is 16.6. The molecule has 2 fully saturated rings. The van der Waals surface area contributed by atoms with E-state index in [0.29, 0.717) is 31.6 Å². The van der Waals surface area contributed by atoms with Crippen LogP contribution >= 0.6 is 0 Å². The third-order valence-corrected chi connectivity index (χ3v) is 5.08. The van der Waals surface area contributed by atoms with E-state index < -0.39 is 5.60 Å². The molecule has 1 aromatic carbocycles. The molecule has 0 N–H and O–H groups in total. The molecule has 2 atom stereocenters. The zero-order valence-corrected chi connectivity index (χ0v) is 16.1. The fourth-order valence-corrected chi connectivity index (χ4v) is 3.91. The Hall–Kier alpha value is -2.39. The van der Waals surface area contributed by atoms with Crippen molar-refractivity contribution in [3.63, 3.8) is 0 Å². The van der Waals surface area contributed by atoms with Gasteiger partial charge < -0.3 is 9.47 Å². The summed E-state index contributed by atoms with van der Waals surface area (Å²) in [7, 11) is 0. The molecule has 2 bridgehead atoms. The summed E-state index contributed by atoms with van der Waals surface area (Å²) in [6.45, 7) is 6.39. The summed E-state index contributed by atoms with van der Waals surface area (Å²) < 4.78 is 11.2. The minimum Gasteiger partial charge on any atom is -0.444 e. The predicted molar refractivity (Wildman–Crippen MR) is 99.1 cm³/mol. The molecule has 144 valence electrons. The molecule has 1 amide bonds. The minimum absolute atomic E-state index is 0.124. The number of ether oxygens (including phenoxy) is 2. The SMILES string of the molecule is CC(C)(C)OC(=O)N1C2COCC1CC(C(=O)Cc1ccccc1C#N)C2. The number of nitrogens with zero attached hydrogens (tertiary/aromatic N) is 2. The molecule has 0 aliphatic carbocycles. The highest BCUT2D eigenvalue weighted by Gasteiger charge is 2.44. The van der Waals surface area contributed by atoms with Gasteiger partial charge in [0.2, 0.25) is 0 Å². The maximum Gasteiger partial charge on any atom is 0.410 e. The molecular weight excluding hydrogens is 344 g/mol. The van der Waals surface area contributed by atoms with Crippen molar-refractivity contribution < 1.29 is 19.1 Å². The standard InChI is InChI=1S/C21H26N2O4/c1-21(2,3)27-20(25)23-17-8-16(9-18(23)13-26-12-17)19(24)10-14-6-4-5-7-15(14)11-22/h4-7,16-18H,8-10,12-13H2,1-3H3. The molecule has 1 aromatic rings. The molecule has 0 radical (unpaired) electrons. The molecule has 2 heterocycles. The molecule has 27 heavy (non-hydrogen) atoms. The summed E-state index contributed by atoms with van der Waals surface area (Å²) in [6, 6.07) is 9.06. The summed E-state index contributed by atoms with van der Waals surface area (Å²) in [4.78, 5) is 27.3. The average Bonchev–Trinajstić information content (AvgIpc) is 2.59. The number of ketones is 1. The lowest BCUT2D eigenvalue weighted by Gasteiger charge is -2.47. The fraction of sp³-hybridized carbons (Fsp3) is 0.571. The zero-order chi connectivity index (χ0) is 19.6. The minimum atomic E-state index is -0.556. The van der Waals surface area contributed by atoms with Crippen LogP contribution in [0.3, 0.4) is 0 Å². The Morgan fingerprint density at radius 2 is 1.85 bits per heavy atom. The van der Waals surface area contributed by atoms with Gasteiger partial charge in [0, 0.05) is 12.3 Å². The first-order chi connectivity index (χ1) is 12.8. The van der Waals surface area contributed by atoms with Gasteiger partial charge >= 0.3 is 6.09 Å². The normalized spacial score (nSPS) is 24.8. The van der Waals surface area contributed by atoms with Crippen LogP contribution in [-0.2, 0) is 20.7 Å². The van der Waals surface area contributed by atoms with Crippen LogP contribution in [0.25, 0.3) is 0 Å². The zero-order valence-electron chi connectivity index (χ0n) is 16.1. The summed E-state index contributed by atoms with van der Waals surface area (Å²) in [5, 5.41) is 9.23. The average molecular weight is 370 g/mol. The van der Waals surface area contributed by atoms with E-state index in [0.717, 1.165) is 5.56 Å². The van der Waals surface area contributed by atoms with Crippen LogP contribution in [0.1, 0.15) is 44.7 Å². The molecular formula is C21H26N2O4. The van der Waals surface area contributed by atoms with Crippen LogP contribution < -0.4 is 0 Å². The molecule has 0 spiro atoms. The third-order valence-electron chi connectivity index (χ3n) is 5.08. The topological polar surface area (TPSA) is 79.6 Å². The van der Waals surface area contributed by atoms with Crippen molar-refractivity contribution in [3.8, 4) is 6.07 Å². The Morgan fingerprint density at radius 3 is 2.44 bits per heavy atom. The van der Waals surface area contributed by atoms with Crippen LogP contribution in [-0.4, -0.2) is 47.7 Å². The smallest absolute Gasteiger partial charge is 0.410 e. The van der Waals surface area contributed by atoms with Crippen molar-refractivity contribution in [1.82, 2.24) is 4.90 Å². The summed E-state index contributed by atoms with van der Waals surface area (Å²) in [6.07, 6.45) is 1.06. The molecule has 6 heteroatoms. The van der Waals surface area contributed by atoms with E-state index in [1.165, 1.54) is 0 Å². The molecule has 2 aliphatic rings. The number of carbonyl (C=O) groups is 2. The number of fused-ring (bicyclic) bond motifs is 2. The fourth-order valence-electron chi connectivity index (χ4n) is 3.91. The van der Waals surface area contributed by atoms with E-state index in [4.69, 9.17) is 9.47 Å². The Labute approximate surface area is 160 Å².